The third-order valence-corrected chi connectivity index (χ3v) is 4.60. The monoisotopic (exact) mass is 393 g/mol. The second kappa shape index (κ2) is 11.3. The fourth-order valence-electron chi connectivity index (χ4n) is 3.10. The molecule has 154 valence electrons. The van der Waals surface area contributed by atoms with Gasteiger partial charge in [-0.2, -0.15) is 0 Å². The van der Waals surface area contributed by atoms with Crippen molar-refractivity contribution < 1.29 is 24.2 Å². The van der Waals surface area contributed by atoms with E-state index >= 15 is 0 Å². The summed E-state index contributed by atoms with van der Waals surface area (Å²) in [5.74, 6) is 0.0568. The first-order valence-corrected chi connectivity index (χ1v) is 9.28. The van der Waals surface area contributed by atoms with Crippen LogP contribution in [0.25, 0.3) is 0 Å². The van der Waals surface area contributed by atoms with Crippen LogP contribution in [-0.4, -0.2) is 107 Å². The maximum absolute atomic E-state index is 12.6. The fourth-order valence-corrected chi connectivity index (χ4v) is 3.10. The SMILES string of the molecule is Cc1cnc(C(=O)N2CCCN(CC(=O)N3CCOCC3)CC2)cn1.O=CO. The number of nitrogens with zero attached hydrogens (tertiary/aromatic N) is 5. The van der Waals surface area contributed by atoms with Gasteiger partial charge in [-0.3, -0.25) is 24.3 Å². The molecule has 0 radical (unpaired) electrons. The second-order valence-corrected chi connectivity index (χ2v) is 6.56. The summed E-state index contributed by atoms with van der Waals surface area (Å²) in [5, 5.41) is 6.89. The number of morpholine rings is 1. The topological polar surface area (TPSA) is 116 Å². The zero-order valence-corrected chi connectivity index (χ0v) is 16.1. The summed E-state index contributed by atoms with van der Waals surface area (Å²) in [6.07, 6.45) is 3.99. The summed E-state index contributed by atoms with van der Waals surface area (Å²) in [4.78, 5) is 47.4. The molecule has 1 aromatic heterocycles. The highest BCUT2D eigenvalue weighted by Crippen LogP contribution is 2.08. The van der Waals surface area contributed by atoms with Crippen LogP contribution in [0.2, 0.25) is 0 Å². The van der Waals surface area contributed by atoms with Crippen LogP contribution in [0.5, 0.6) is 0 Å². The first kappa shape index (κ1) is 21.7. The molecule has 0 spiro atoms. The Hall–Kier alpha value is -2.59. The average Bonchev–Trinajstić information content (AvgIpc) is 2.95. The maximum Gasteiger partial charge on any atom is 0.290 e. The predicted octanol–water partition coefficient (Wildman–Crippen LogP) is -0.507. The molecule has 0 bridgehead atoms. The van der Waals surface area contributed by atoms with Crippen LogP contribution in [-0.2, 0) is 14.3 Å². The molecule has 2 amide bonds. The molecular weight excluding hydrogens is 366 g/mol. The number of carboxylic acid groups (broad SMARTS) is 1. The van der Waals surface area contributed by atoms with Crippen molar-refractivity contribution in [2.45, 2.75) is 13.3 Å². The van der Waals surface area contributed by atoms with E-state index in [-0.39, 0.29) is 18.3 Å². The molecule has 0 aliphatic carbocycles. The van der Waals surface area contributed by atoms with Crippen LogP contribution in [0.15, 0.2) is 12.4 Å². The highest BCUT2D eigenvalue weighted by molar-refractivity contribution is 5.92. The molecule has 10 nitrogen and oxygen atoms in total. The van der Waals surface area contributed by atoms with Gasteiger partial charge in [-0.15, -0.1) is 0 Å². The van der Waals surface area contributed by atoms with Gasteiger partial charge < -0.3 is 19.6 Å². The Morgan fingerprint density at radius 2 is 1.79 bits per heavy atom. The van der Waals surface area contributed by atoms with Crippen molar-refractivity contribution in [1.82, 2.24) is 24.7 Å². The van der Waals surface area contributed by atoms with E-state index in [1.807, 2.05) is 11.8 Å². The van der Waals surface area contributed by atoms with Crippen LogP contribution in [0.1, 0.15) is 22.6 Å². The largest absolute Gasteiger partial charge is 0.483 e. The van der Waals surface area contributed by atoms with E-state index < -0.39 is 0 Å². The Balaban J connectivity index is 0.000000878. The van der Waals surface area contributed by atoms with Gasteiger partial charge in [-0.25, -0.2) is 4.98 Å². The molecule has 1 N–H and O–H groups in total. The molecule has 10 heteroatoms. The molecular formula is C18H27N5O5. The molecule has 2 saturated heterocycles. The van der Waals surface area contributed by atoms with Crippen LogP contribution in [0, 0.1) is 6.92 Å². The van der Waals surface area contributed by atoms with Crippen molar-refractivity contribution in [3.05, 3.63) is 23.8 Å². The first-order valence-electron chi connectivity index (χ1n) is 9.28. The van der Waals surface area contributed by atoms with E-state index in [9.17, 15) is 9.59 Å². The third-order valence-electron chi connectivity index (χ3n) is 4.60. The van der Waals surface area contributed by atoms with Crippen molar-refractivity contribution in [3.8, 4) is 0 Å². The lowest BCUT2D eigenvalue weighted by Gasteiger charge is -2.29. The minimum atomic E-state index is -0.250. The Kier molecular flexibility index (Phi) is 8.76. The lowest BCUT2D eigenvalue weighted by molar-refractivity contribution is -0.136. The number of amides is 2. The molecule has 2 aliphatic heterocycles. The molecule has 28 heavy (non-hydrogen) atoms. The Morgan fingerprint density at radius 1 is 1.07 bits per heavy atom. The van der Waals surface area contributed by atoms with E-state index in [0.717, 1.165) is 18.7 Å². The van der Waals surface area contributed by atoms with Crippen molar-refractivity contribution in [3.63, 3.8) is 0 Å². The molecule has 3 heterocycles. The lowest BCUT2D eigenvalue weighted by Crippen LogP contribution is -2.46. The van der Waals surface area contributed by atoms with Gasteiger partial charge in [-0.1, -0.05) is 0 Å². The Labute approximate surface area is 164 Å². The van der Waals surface area contributed by atoms with Crippen LogP contribution in [0.3, 0.4) is 0 Å². The highest BCUT2D eigenvalue weighted by atomic mass is 16.5. The van der Waals surface area contributed by atoms with Crippen molar-refractivity contribution in [2.24, 2.45) is 0 Å². The molecule has 0 atom stereocenters. The standard InChI is InChI=1S/C17H25N5O3.CH2O2/c1-14-11-19-15(12-18-14)17(24)22-4-2-3-20(5-6-22)13-16(23)21-7-9-25-10-8-21;2-1-3/h11-12H,2-10,13H2,1H3;1H,(H,2,3). The van der Waals surface area contributed by atoms with Gasteiger partial charge >= 0.3 is 0 Å². The fraction of sp³-hybridized carbons (Fsp3) is 0.611. The number of aromatic nitrogens is 2. The van der Waals surface area contributed by atoms with Crippen LogP contribution in [0.4, 0.5) is 0 Å². The van der Waals surface area contributed by atoms with Gasteiger partial charge in [0.1, 0.15) is 5.69 Å². The smallest absolute Gasteiger partial charge is 0.290 e. The summed E-state index contributed by atoms with van der Waals surface area (Å²) in [5.41, 5.74) is 1.17. The predicted molar refractivity (Wildman–Crippen MR) is 99.8 cm³/mol. The summed E-state index contributed by atoms with van der Waals surface area (Å²) in [7, 11) is 0. The first-order chi connectivity index (χ1) is 13.5. The second-order valence-electron chi connectivity index (χ2n) is 6.56. The van der Waals surface area contributed by atoms with Gasteiger partial charge in [0.25, 0.3) is 12.4 Å². The van der Waals surface area contributed by atoms with E-state index in [0.29, 0.717) is 58.2 Å². The van der Waals surface area contributed by atoms with Crippen molar-refractivity contribution in [1.29, 1.82) is 0 Å². The number of aryl methyl sites for hydroxylation is 1. The van der Waals surface area contributed by atoms with Crippen molar-refractivity contribution in [2.75, 3.05) is 59.0 Å². The molecule has 0 saturated carbocycles. The van der Waals surface area contributed by atoms with Gasteiger partial charge in [0.05, 0.1) is 31.6 Å². The number of hydrogen-bond acceptors (Lipinski definition) is 7. The third kappa shape index (κ3) is 6.54. The Bertz CT molecular complexity index is 648. The van der Waals surface area contributed by atoms with Crippen LogP contribution < -0.4 is 0 Å². The highest BCUT2D eigenvalue weighted by Gasteiger charge is 2.24. The van der Waals surface area contributed by atoms with Gasteiger partial charge in [0.2, 0.25) is 5.91 Å². The van der Waals surface area contributed by atoms with Crippen molar-refractivity contribution >= 4 is 18.3 Å². The quantitative estimate of drug-likeness (QED) is 0.683. The van der Waals surface area contributed by atoms with Gasteiger partial charge in [0.15, 0.2) is 0 Å². The van der Waals surface area contributed by atoms with Gasteiger partial charge in [0, 0.05) is 45.5 Å². The summed E-state index contributed by atoms with van der Waals surface area (Å²) in [6, 6.07) is 0. The number of rotatable bonds is 3. The van der Waals surface area contributed by atoms with E-state index in [1.165, 1.54) is 6.20 Å². The Morgan fingerprint density at radius 3 is 2.43 bits per heavy atom. The molecule has 2 fully saturated rings. The molecule has 0 aromatic carbocycles. The maximum atomic E-state index is 12.6. The zero-order valence-electron chi connectivity index (χ0n) is 16.1. The summed E-state index contributed by atoms with van der Waals surface area (Å²) in [6.45, 7) is 7.37. The zero-order chi connectivity index (χ0) is 20.4. The summed E-state index contributed by atoms with van der Waals surface area (Å²) >= 11 is 0. The molecule has 0 unspecified atom stereocenters. The summed E-state index contributed by atoms with van der Waals surface area (Å²) < 4.78 is 5.29. The minimum absolute atomic E-state index is 0.0890. The number of carbonyl (C=O) groups excluding carboxylic acids is 2. The van der Waals surface area contributed by atoms with E-state index in [1.54, 1.807) is 11.1 Å². The molecule has 3 rings (SSSR count). The van der Waals surface area contributed by atoms with E-state index in [4.69, 9.17) is 14.6 Å². The number of ether oxygens (including phenoxy) is 1. The van der Waals surface area contributed by atoms with Crippen LogP contribution >= 0.6 is 0 Å². The normalized spacial score (nSPS) is 17.9. The van der Waals surface area contributed by atoms with E-state index in [2.05, 4.69) is 14.9 Å². The average molecular weight is 393 g/mol. The lowest BCUT2D eigenvalue weighted by atomic mass is 10.3. The number of carbonyl (C=O) groups is 3. The number of hydrogen-bond donors (Lipinski definition) is 1. The minimum Gasteiger partial charge on any atom is -0.483 e. The molecule has 2 aliphatic rings. The van der Waals surface area contributed by atoms with Gasteiger partial charge in [-0.05, 0) is 13.3 Å². The molecule has 1 aromatic rings.